The molecule has 6 nitrogen and oxygen atoms in total. The molecule has 1 rings (SSSR count). The van der Waals surface area contributed by atoms with Crippen molar-refractivity contribution in [2.75, 3.05) is 0 Å². The van der Waals surface area contributed by atoms with Gasteiger partial charge in [-0.15, -0.1) is 0 Å². The number of aromatic carboxylic acids is 1. The van der Waals surface area contributed by atoms with Crippen LogP contribution in [-0.2, 0) is 4.89 Å². The van der Waals surface area contributed by atoms with E-state index in [1.54, 1.807) is 0 Å². The number of benzene rings is 1. The van der Waals surface area contributed by atoms with Gasteiger partial charge in [0.1, 0.15) is 0 Å². The first-order valence-electron chi connectivity index (χ1n) is 3.34. The number of carbonyl (C=O) groups is 2. The van der Waals surface area contributed by atoms with Crippen LogP contribution in [0.5, 0.6) is 0 Å². The Labute approximate surface area is 79.3 Å². The van der Waals surface area contributed by atoms with E-state index in [1.165, 1.54) is 24.3 Å². The fourth-order valence-electron chi connectivity index (χ4n) is 0.802. The van der Waals surface area contributed by atoms with Gasteiger partial charge in [-0.3, -0.25) is 4.89 Å². The molecule has 0 heterocycles. The molecule has 0 spiro atoms. The van der Waals surface area contributed by atoms with E-state index in [0.717, 1.165) is 0 Å². The van der Waals surface area contributed by atoms with Crippen molar-refractivity contribution >= 4 is 11.9 Å². The third kappa shape index (κ3) is 2.54. The minimum atomic E-state index is -1.08. The van der Waals surface area contributed by atoms with Crippen molar-refractivity contribution in [2.24, 2.45) is 0 Å². The molecule has 0 radical (unpaired) electrons. The van der Waals surface area contributed by atoms with Gasteiger partial charge in [-0.05, 0) is 24.3 Å². The van der Waals surface area contributed by atoms with Crippen LogP contribution in [0, 0.1) is 0 Å². The highest BCUT2D eigenvalue weighted by molar-refractivity contribution is 5.92. The van der Waals surface area contributed by atoms with Gasteiger partial charge in [-0.25, -0.2) is 9.59 Å². The average molecular weight is 199 g/mol. The molecular formula is C8H9NO5. The molecule has 0 saturated heterocycles. The van der Waals surface area contributed by atoms with Gasteiger partial charge in [0.2, 0.25) is 0 Å². The van der Waals surface area contributed by atoms with Gasteiger partial charge in [-0.1, -0.05) is 0 Å². The van der Waals surface area contributed by atoms with Crippen molar-refractivity contribution < 1.29 is 24.8 Å². The lowest BCUT2D eigenvalue weighted by atomic mass is 10.1. The second kappa shape index (κ2) is 4.95. The smallest absolute Gasteiger partial charge is 0.372 e. The number of hydrogen-bond donors (Lipinski definition) is 3. The summed E-state index contributed by atoms with van der Waals surface area (Å²) in [5.74, 6) is -2.00. The molecule has 1 aromatic carbocycles. The maximum absolute atomic E-state index is 10.7. The minimum absolute atomic E-state index is 0. The molecule has 1 aromatic rings. The molecule has 14 heavy (non-hydrogen) atoms. The monoisotopic (exact) mass is 199 g/mol. The molecular weight excluding hydrogens is 190 g/mol. The molecule has 5 N–H and O–H groups in total. The van der Waals surface area contributed by atoms with Crippen LogP contribution in [0.4, 0.5) is 0 Å². The second-order valence-electron chi connectivity index (χ2n) is 2.26. The van der Waals surface area contributed by atoms with Gasteiger partial charge in [-0.2, -0.15) is 5.26 Å². The maximum atomic E-state index is 10.7. The molecule has 6 heteroatoms. The molecule has 0 aromatic heterocycles. The number of hydrogen-bond acceptors (Lipinski definition) is 5. The van der Waals surface area contributed by atoms with Crippen LogP contribution in [0.15, 0.2) is 24.3 Å². The lowest BCUT2D eigenvalue weighted by molar-refractivity contribution is -0.182. The molecule has 0 aliphatic rings. The van der Waals surface area contributed by atoms with Gasteiger partial charge >= 0.3 is 11.9 Å². The first kappa shape index (κ1) is 12.1. The van der Waals surface area contributed by atoms with E-state index in [-0.39, 0.29) is 17.3 Å². The predicted octanol–water partition coefficient (Wildman–Crippen LogP) is 1.18. The molecule has 0 atom stereocenters. The van der Waals surface area contributed by atoms with Crippen molar-refractivity contribution in [3.63, 3.8) is 0 Å². The van der Waals surface area contributed by atoms with Crippen LogP contribution in [0.3, 0.4) is 0 Å². The van der Waals surface area contributed by atoms with E-state index in [9.17, 15) is 9.59 Å². The summed E-state index contributed by atoms with van der Waals surface area (Å²) in [6.45, 7) is 0. The third-order valence-corrected chi connectivity index (χ3v) is 1.45. The Hall–Kier alpha value is -1.92. The molecule has 0 aliphatic carbocycles. The van der Waals surface area contributed by atoms with Crippen molar-refractivity contribution in [2.45, 2.75) is 0 Å². The van der Waals surface area contributed by atoms with Gasteiger partial charge in [0.15, 0.2) is 0 Å². The number of carboxylic acids is 1. The third-order valence-electron chi connectivity index (χ3n) is 1.45. The fourth-order valence-corrected chi connectivity index (χ4v) is 0.802. The Morgan fingerprint density at radius 2 is 1.50 bits per heavy atom. The van der Waals surface area contributed by atoms with Gasteiger partial charge < -0.3 is 11.3 Å². The van der Waals surface area contributed by atoms with Crippen molar-refractivity contribution in [1.82, 2.24) is 6.15 Å². The molecule has 76 valence electrons. The Kier molecular flexibility index (Phi) is 4.27. The van der Waals surface area contributed by atoms with Crippen molar-refractivity contribution in [1.29, 1.82) is 0 Å². The molecule has 0 unspecified atom stereocenters. The lowest BCUT2D eigenvalue weighted by Crippen LogP contribution is -2.02. The number of carboxylic acid groups (broad SMARTS) is 1. The zero-order valence-corrected chi connectivity index (χ0v) is 7.14. The highest BCUT2D eigenvalue weighted by Gasteiger charge is 2.07. The van der Waals surface area contributed by atoms with Gasteiger partial charge in [0, 0.05) is 0 Å². The molecule has 0 aliphatic heterocycles. The highest BCUT2D eigenvalue weighted by atomic mass is 17.1. The largest absolute Gasteiger partial charge is 0.478 e. The normalized spacial score (nSPS) is 8.64. The fraction of sp³-hybridized carbons (Fsp3) is 0. The zero-order chi connectivity index (χ0) is 9.84. The summed E-state index contributed by atoms with van der Waals surface area (Å²) in [5.41, 5.74) is 0.155. The summed E-state index contributed by atoms with van der Waals surface area (Å²) in [6.07, 6.45) is 0. The van der Waals surface area contributed by atoms with E-state index < -0.39 is 11.9 Å². The standard InChI is InChI=1S/C8H6O5.H3N/c9-7(10)5-1-3-6(4-2-5)8(11)13-12;/h1-4,12H,(H,9,10);1H3. The van der Waals surface area contributed by atoms with E-state index in [4.69, 9.17) is 10.4 Å². The summed E-state index contributed by atoms with van der Waals surface area (Å²) in [5, 5.41) is 16.5. The number of carbonyl (C=O) groups excluding carboxylic acids is 1. The van der Waals surface area contributed by atoms with E-state index in [1.807, 2.05) is 0 Å². The van der Waals surface area contributed by atoms with Gasteiger partial charge in [0.25, 0.3) is 0 Å². The Balaban J connectivity index is 0.00000169. The SMILES string of the molecule is N.O=C(O)c1ccc(C(=O)OO)cc1. The van der Waals surface area contributed by atoms with E-state index >= 15 is 0 Å². The Morgan fingerprint density at radius 3 is 1.86 bits per heavy atom. The predicted molar refractivity (Wildman–Crippen MR) is 46.5 cm³/mol. The summed E-state index contributed by atoms with van der Waals surface area (Å²) >= 11 is 0. The molecule has 0 amide bonds. The van der Waals surface area contributed by atoms with Crippen LogP contribution in [-0.4, -0.2) is 22.3 Å². The summed E-state index contributed by atoms with van der Waals surface area (Å²) in [6, 6.07) is 4.99. The molecule has 0 saturated carbocycles. The molecule has 0 bridgehead atoms. The van der Waals surface area contributed by atoms with Crippen LogP contribution < -0.4 is 6.15 Å². The van der Waals surface area contributed by atoms with Crippen molar-refractivity contribution in [3.05, 3.63) is 35.4 Å². The number of rotatable bonds is 2. The minimum Gasteiger partial charge on any atom is -0.478 e. The van der Waals surface area contributed by atoms with Crippen LogP contribution >= 0.6 is 0 Å². The topological polar surface area (TPSA) is 119 Å². The van der Waals surface area contributed by atoms with Crippen LogP contribution in [0.2, 0.25) is 0 Å². The van der Waals surface area contributed by atoms with Crippen LogP contribution in [0.25, 0.3) is 0 Å². The molecule has 0 fully saturated rings. The Morgan fingerprint density at radius 1 is 1.07 bits per heavy atom. The second-order valence-corrected chi connectivity index (χ2v) is 2.26. The highest BCUT2D eigenvalue weighted by Crippen LogP contribution is 2.05. The van der Waals surface area contributed by atoms with E-state index in [2.05, 4.69) is 4.89 Å². The summed E-state index contributed by atoms with van der Waals surface area (Å²) in [7, 11) is 0. The lowest BCUT2D eigenvalue weighted by Gasteiger charge is -1.96. The summed E-state index contributed by atoms with van der Waals surface area (Å²) < 4.78 is 0. The maximum Gasteiger partial charge on any atom is 0.372 e. The zero-order valence-electron chi connectivity index (χ0n) is 7.14. The van der Waals surface area contributed by atoms with Gasteiger partial charge in [0.05, 0.1) is 11.1 Å². The van der Waals surface area contributed by atoms with Crippen molar-refractivity contribution in [3.8, 4) is 0 Å². The average Bonchev–Trinajstić information content (AvgIpc) is 2.17. The quantitative estimate of drug-likeness (QED) is 0.486. The first-order valence-corrected chi connectivity index (χ1v) is 3.34. The summed E-state index contributed by atoms with van der Waals surface area (Å²) in [4.78, 5) is 24.5. The van der Waals surface area contributed by atoms with Crippen LogP contribution in [0.1, 0.15) is 20.7 Å². The Bertz CT molecular complexity index is 332. The van der Waals surface area contributed by atoms with E-state index in [0.29, 0.717) is 0 Å². The first-order chi connectivity index (χ1) is 6.15.